The molecule has 0 radical (unpaired) electrons. The van der Waals surface area contributed by atoms with Gasteiger partial charge in [0.1, 0.15) is 12.4 Å². The summed E-state index contributed by atoms with van der Waals surface area (Å²) in [5, 5.41) is 0. The number of methoxy groups -OCH3 is 2. The summed E-state index contributed by atoms with van der Waals surface area (Å²) in [4.78, 5) is 28.1. The minimum Gasteiger partial charge on any atom is -0.493 e. The van der Waals surface area contributed by atoms with Crippen molar-refractivity contribution in [2.24, 2.45) is 0 Å². The van der Waals surface area contributed by atoms with Crippen molar-refractivity contribution >= 4 is 11.7 Å². The molecule has 4 rings (SSSR count). The van der Waals surface area contributed by atoms with Gasteiger partial charge in [0.2, 0.25) is 0 Å². The molecule has 38 heavy (non-hydrogen) atoms. The van der Waals surface area contributed by atoms with Crippen LogP contribution in [0.1, 0.15) is 31.8 Å². The zero-order valence-corrected chi connectivity index (χ0v) is 21.6. The first-order valence-electron chi connectivity index (χ1n) is 12.4. The number of nitrogens with zero attached hydrogens (tertiary/aromatic N) is 1. The third-order valence-electron chi connectivity index (χ3n) is 6.19. The highest BCUT2D eigenvalue weighted by Gasteiger charge is 2.20. The van der Waals surface area contributed by atoms with Gasteiger partial charge in [-0.2, -0.15) is 0 Å². The van der Waals surface area contributed by atoms with E-state index >= 15 is 0 Å². The summed E-state index contributed by atoms with van der Waals surface area (Å²) in [7, 11) is 3.18. The van der Waals surface area contributed by atoms with Crippen LogP contribution in [-0.4, -0.2) is 43.9 Å². The molecule has 6 heteroatoms. The van der Waals surface area contributed by atoms with Crippen LogP contribution in [0, 0.1) is 0 Å². The quantitative estimate of drug-likeness (QED) is 0.224. The molecule has 0 bridgehead atoms. The van der Waals surface area contributed by atoms with E-state index in [-0.39, 0.29) is 18.2 Å². The van der Waals surface area contributed by atoms with Gasteiger partial charge in [0.05, 0.1) is 20.8 Å². The van der Waals surface area contributed by atoms with Crippen LogP contribution in [-0.2, 0) is 13.0 Å². The molecule has 6 nitrogen and oxygen atoms in total. The normalized spacial score (nSPS) is 10.5. The maximum Gasteiger partial charge on any atom is 0.254 e. The smallest absolute Gasteiger partial charge is 0.254 e. The molecule has 4 aromatic carbocycles. The van der Waals surface area contributed by atoms with E-state index in [1.165, 1.54) is 0 Å². The van der Waals surface area contributed by atoms with Crippen LogP contribution < -0.4 is 14.2 Å². The van der Waals surface area contributed by atoms with Crippen molar-refractivity contribution in [3.63, 3.8) is 0 Å². The van der Waals surface area contributed by atoms with E-state index in [2.05, 4.69) is 0 Å². The minimum absolute atomic E-state index is 0.0365. The molecule has 194 valence electrons. The van der Waals surface area contributed by atoms with Gasteiger partial charge in [-0.25, -0.2) is 0 Å². The Hall–Kier alpha value is -4.58. The van der Waals surface area contributed by atoms with E-state index in [0.717, 1.165) is 11.1 Å². The lowest BCUT2D eigenvalue weighted by molar-refractivity contribution is 0.0711. The fraction of sp³-hybridized carbons (Fsp3) is 0.188. The fourth-order valence-corrected chi connectivity index (χ4v) is 4.06. The molecule has 0 aliphatic rings. The molecule has 4 aromatic rings. The molecule has 0 saturated heterocycles. The van der Waals surface area contributed by atoms with E-state index in [1.54, 1.807) is 55.5 Å². The summed E-state index contributed by atoms with van der Waals surface area (Å²) in [6.45, 7) is 0.780. The largest absolute Gasteiger partial charge is 0.493 e. The molecule has 0 N–H and O–H groups in total. The second-order valence-electron chi connectivity index (χ2n) is 8.75. The van der Waals surface area contributed by atoms with Gasteiger partial charge in [0.15, 0.2) is 17.3 Å². The van der Waals surface area contributed by atoms with E-state index in [9.17, 15) is 9.59 Å². The van der Waals surface area contributed by atoms with Gasteiger partial charge >= 0.3 is 0 Å². The van der Waals surface area contributed by atoms with Crippen LogP contribution in [0.3, 0.4) is 0 Å². The Morgan fingerprint density at radius 1 is 0.684 bits per heavy atom. The first-order chi connectivity index (χ1) is 18.6. The second kappa shape index (κ2) is 13.1. The van der Waals surface area contributed by atoms with Gasteiger partial charge < -0.3 is 19.1 Å². The number of Topliss-reactive ketones (excluding diaryl/α,β-unsaturated/α-hetero) is 1. The SMILES string of the molecule is COc1ccc(CCN(CC(=O)c2ccc(OCc3ccccc3)cc2)C(=O)c2ccccc2)cc1OC. The number of ketones is 1. The third-order valence-corrected chi connectivity index (χ3v) is 6.19. The van der Waals surface area contributed by atoms with Gasteiger partial charge in [-0.05, 0) is 66.1 Å². The highest BCUT2D eigenvalue weighted by Crippen LogP contribution is 2.28. The Morgan fingerprint density at radius 2 is 1.34 bits per heavy atom. The van der Waals surface area contributed by atoms with E-state index in [4.69, 9.17) is 14.2 Å². The Bertz CT molecular complexity index is 1340. The Labute approximate surface area is 223 Å². The Balaban J connectivity index is 1.45. The summed E-state index contributed by atoms with van der Waals surface area (Å²) in [6.07, 6.45) is 0.554. The second-order valence-corrected chi connectivity index (χ2v) is 8.75. The zero-order valence-electron chi connectivity index (χ0n) is 21.6. The molecule has 0 saturated carbocycles. The maximum atomic E-state index is 13.3. The van der Waals surface area contributed by atoms with Gasteiger partial charge in [-0.3, -0.25) is 9.59 Å². The monoisotopic (exact) mass is 509 g/mol. The molecular formula is C32H31NO5. The minimum atomic E-state index is -0.192. The molecule has 0 aliphatic carbocycles. The number of benzene rings is 4. The zero-order chi connectivity index (χ0) is 26.7. The number of rotatable bonds is 12. The molecule has 0 unspecified atom stereocenters. The van der Waals surface area contributed by atoms with E-state index in [1.807, 2.05) is 66.7 Å². The van der Waals surface area contributed by atoms with Crippen molar-refractivity contribution in [2.45, 2.75) is 13.0 Å². The number of hydrogen-bond donors (Lipinski definition) is 0. The van der Waals surface area contributed by atoms with Crippen molar-refractivity contribution in [1.82, 2.24) is 4.90 Å². The standard InChI is InChI=1S/C32H31NO5/c1-36-30-18-13-24(21-31(30)37-2)19-20-33(32(35)27-11-7-4-8-12-27)22-29(34)26-14-16-28(17-15-26)38-23-25-9-5-3-6-10-25/h3-18,21H,19-20,22-23H2,1-2H3. The van der Waals surface area contributed by atoms with Crippen LogP contribution in [0.2, 0.25) is 0 Å². The van der Waals surface area contributed by atoms with Crippen LogP contribution in [0.4, 0.5) is 0 Å². The Kier molecular flexibility index (Phi) is 9.13. The van der Waals surface area contributed by atoms with Crippen molar-refractivity contribution in [1.29, 1.82) is 0 Å². The molecule has 0 aliphatic heterocycles. The van der Waals surface area contributed by atoms with Crippen molar-refractivity contribution in [3.05, 3.63) is 125 Å². The van der Waals surface area contributed by atoms with Gasteiger partial charge in [0, 0.05) is 17.7 Å². The van der Waals surface area contributed by atoms with Gasteiger partial charge in [-0.15, -0.1) is 0 Å². The lowest BCUT2D eigenvalue weighted by atomic mass is 10.1. The number of carbonyl (C=O) groups excluding carboxylic acids is 2. The topological polar surface area (TPSA) is 65.1 Å². The molecule has 0 spiro atoms. The number of ether oxygens (including phenoxy) is 3. The summed E-state index contributed by atoms with van der Waals surface area (Å²) in [5.41, 5.74) is 3.10. The highest BCUT2D eigenvalue weighted by molar-refractivity contribution is 6.02. The summed E-state index contributed by atoms with van der Waals surface area (Å²) >= 11 is 0. The van der Waals surface area contributed by atoms with E-state index < -0.39 is 0 Å². The van der Waals surface area contributed by atoms with Crippen LogP contribution in [0.25, 0.3) is 0 Å². The van der Waals surface area contributed by atoms with Crippen LogP contribution >= 0.6 is 0 Å². The lowest BCUT2D eigenvalue weighted by Crippen LogP contribution is -2.37. The molecule has 0 fully saturated rings. The number of carbonyl (C=O) groups is 2. The summed E-state index contributed by atoms with van der Waals surface area (Å²) in [5.74, 6) is 1.60. The van der Waals surface area contributed by atoms with Crippen LogP contribution in [0.15, 0.2) is 103 Å². The van der Waals surface area contributed by atoms with Gasteiger partial charge in [-0.1, -0.05) is 54.6 Å². The predicted molar refractivity (Wildman–Crippen MR) is 147 cm³/mol. The first-order valence-corrected chi connectivity index (χ1v) is 12.4. The highest BCUT2D eigenvalue weighted by atomic mass is 16.5. The molecule has 1 amide bonds. The number of hydrogen-bond acceptors (Lipinski definition) is 5. The average Bonchev–Trinajstić information content (AvgIpc) is 2.98. The molecule has 0 aromatic heterocycles. The number of amides is 1. The fourth-order valence-electron chi connectivity index (χ4n) is 4.06. The first kappa shape index (κ1) is 26.5. The third kappa shape index (κ3) is 7.01. The predicted octanol–water partition coefficient (Wildman–Crippen LogP) is 5.85. The molecular weight excluding hydrogens is 478 g/mol. The summed E-state index contributed by atoms with van der Waals surface area (Å²) in [6, 6.07) is 31.6. The van der Waals surface area contributed by atoms with E-state index in [0.29, 0.717) is 47.9 Å². The van der Waals surface area contributed by atoms with Crippen molar-refractivity contribution < 1.29 is 23.8 Å². The average molecular weight is 510 g/mol. The molecule has 0 atom stereocenters. The Morgan fingerprint density at radius 3 is 2.00 bits per heavy atom. The lowest BCUT2D eigenvalue weighted by Gasteiger charge is -2.22. The van der Waals surface area contributed by atoms with Crippen molar-refractivity contribution in [2.75, 3.05) is 27.3 Å². The molecule has 0 heterocycles. The maximum absolute atomic E-state index is 13.3. The van der Waals surface area contributed by atoms with Crippen LogP contribution in [0.5, 0.6) is 17.2 Å². The van der Waals surface area contributed by atoms with Crippen molar-refractivity contribution in [3.8, 4) is 17.2 Å². The summed E-state index contributed by atoms with van der Waals surface area (Å²) < 4.78 is 16.6. The van der Waals surface area contributed by atoms with Gasteiger partial charge in [0.25, 0.3) is 5.91 Å².